The van der Waals surface area contributed by atoms with Crippen molar-refractivity contribution in [2.24, 2.45) is 46.2 Å². The standard InChI is InChI=1S/C89H157N25O18S/c1-9-10-11-12-13-14-15-16-17-18-19-20-21-35-72(117)103-61(30-22-25-41-90)78(123)105-62(31-23-26-42-91)79(124)110-68(47-54(2)3)83(128)107-64(33-28-44-99-88(94)95)77(122)102-56(6)76(121)104-66(40-46-133-8)82(127)114-74(57(7)115)87(132)113-71(51-73(118)119)86(131)106-63(32-24-27-43-92)80(125)112-70(49-58-36-38-60(116)39-37-58)85(130)108-65(34-29-45-100-89(96)97)81(126)111-69(48-55(4)5)84(129)109-67(75(93)120)50-59-52-98-53-101-59/h36-39,52-57,61-71,74,115-116H,9-35,40-51,90-92H2,1-8H3,(H2,93,120)(H,98,101)(H,102,122)(H,103,117)(H,104,121)(H,105,123)(H,106,131)(H,107,128)(H,108,130)(H,109,129)(H,110,124)(H,111,126)(H,112,125)(H,113,132)(H,114,127)(H,118,119)(H4,94,95,99)(H4,96,97,100)/t56-,57+,61-,62-,63-,64-,65-,66-,67-,68-,69-,70-,71-,74-/m0/s1. The lowest BCUT2D eigenvalue weighted by Gasteiger charge is -2.29. The predicted octanol–water partition coefficient (Wildman–Crippen LogP) is -0.196. The number of unbranched alkanes of at least 4 members (excludes halogenated alkanes) is 15. The summed E-state index contributed by atoms with van der Waals surface area (Å²) in [5.74, 6) is -15.6. The average Bonchev–Trinajstić information content (AvgIpc) is 1.15. The molecule has 43 nitrogen and oxygen atoms in total. The number of aromatic amines is 1. The normalized spacial score (nSPS) is 14.4. The number of aliphatic hydroxyl groups is 1. The largest absolute Gasteiger partial charge is 0.508 e. The third-order valence-corrected chi connectivity index (χ3v) is 22.5. The highest BCUT2D eigenvalue weighted by molar-refractivity contribution is 7.98. The monoisotopic (exact) mass is 1900 g/mol. The third kappa shape index (κ3) is 51.7. The number of primary amides is 1. The number of carbonyl (C=O) groups excluding carboxylic acids is 14. The van der Waals surface area contributed by atoms with Gasteiger partial charge < -0.3 is 134 Å². The Hall–Kier alpha value is -11.0. The minimum Gasteiger partial charge on any atom is -0.508 e. The van der Waals surface area contributed by atoms with Crippen LogP contribution in [0, 0.1) is 22.7 Å². The topological polar surface area (TPSA) is 730 Å². The van der Waals surface area contributed by atoms with Gasteiger partial charge in [0, 0.05) is 38.5 Å². The number of rotatable bonds is 74. The molecule has 33 N–H and O–H groups in total. The highest BCUT2D eigenvalue weighted by Crippen LogP contribution is 2.19. The molecular formula is C89H157N25O18S. The van der Waals surface area contributed by atoms with E-state index < -0.39 is 180 Å². The number of phenols is 1. The first-order valence-corrected chi connectivity index (χ1v) is 48.3. The number of phenolic OH excluding ortho intramolecular Hbond substituents is 1. The van der Waals surface area contributed by atoms with Crippen LogP contribution in [0.3, 0.4) is 0 Å². The fourth-order valence-electron chi connectivity index (χ4n) is 14.4. The lowest BCUT2D eigenvalue weighted by atomic mass is 10.0. The van der Waals surface area contributed by atoms with Crippen molar-refractivity contribution < 1.29 is 87.2 Å². The van der Waals surface area contributed by atoms with Crippen LogP contribution in [0.4, 0.5) is 0 Å². The van der Waals surface area contributed by atoms with Crippen LogP contribution >= 0.6 is 11.8 Å². The Morgan fingerprint density at radius 1 is 0.414 bits per heavy atom. The van der Waals surface area contributed by atoms with Crippen LogP contribution in [0.1, 0.15) is 259 Å². The minimum absolute atomic E-state index is 0.0260. The van der Waals surface area contributed by atoms with E-state index >= 15 is 0 Å². The van der Waals surface area contributed by atoms with E-state index in [4.69, 9.17) is 45.2 Å². The molecule has 0 unspecified atom stereocenters. The Bertz CT molecular complexity index is 3890. The zero-order valence-electron chi connectivity index (χ0n) is 79.1. The number of imidazole rings is 1. The summed E-state index contributed by atoms with van der Waals surface area (Å²) in [6, 6.07) is -13.9. The van der Waals surface area contributed by atoms with Crippen molar-refractivity contribution in [3.05, 3.63) is 48.0 Å². The number of aromatic nitrogens is 2. The zero-order chi connectivity index (χ0) is 99.3. The second-order valence-electron chi connectivity index (χ2n) is 34.7. The molecule has 0 saturated heterocycles. The molecule has 0 aliphatic rings. The van der Waals surface area contributed by atoms with Gasteiger partial charge in [-0.25, -0.2) is 4.98 Å². The maximum absolute atomic E-state index is 14.8. The van der Waals surface area contributed by atoms with E-state index in [9.17, 15) is 87.2 Å². The number of nitrogens with two attached hydrogens (primary N) is 6. The maximum atomic E-state index is 14.8. The van der Waals surface area contributed by atoms with Crippen LogP contribution in [0.5, 0.6) is 5.75 Å². The molecule has 0 aliphatic carbocycles. The summed E-state index contributed by atoms with van der Waals surface area (Å²) < 4.78 is 0. The number of carboxylic acid groups (broad SMARTS) is 1. The molecule has 0 spiro atoms. The van der Waals surface area contributed by atoms with Gasteiger partial charge in [0.05, 0.1) is 24.5 Å². The van der Waals surface area contributed by atoms with Gasteiger partial charge in [-0.2, -0.15) is 11.8 Å². The van der Waals surface area contributed by atoms with E-state index in [1.54, 1.807) is 34.0 Å². The van der Waals surface area contributed by atoms with Gasteiger partial charge in [0.2, 0.25) is 82.7 Å². The van der Waals surface area contributed by atoms with Gasteiger partial charge in [0.1, 0.15) is 84.3 Å². The summed E-state index contributed by atoms with van der Waals surface area (Å²) in [7, 11) is 0. The van der Waals surface area contributed by atoms with Crippen molar-refractivity contribution in [1.29, 1.82) is 10.8 Å². The molecule has 0 aliphatic heterocycles. The highest BCUT2D eigenvalue weighted by atomic mass is 32.2. The average molecular weight is 1900 g/mol. The Kier molecular flexibility index (Phi) is 60.4. The fourth-order valence-corrected chi connectivity index (χ4v) is 14.9. The van der Waals surface area contributed by atoms with Crippen LogP contribution in [0.2, 0.25) is 0 Å². The quantitative estimate of drug-likeness (QED) is 0.0232. The van der Waals surface area contributed by atoms with Gasteiger partial charge in [-0.05, 0) is 184 Å². The van der Waals surface area contributed by atoms with E-state index in [1.165, 1.54) is 107 Å². The van der Waals surface area contributed by atoms with E-state index in [2.05, 4.69) is 96.6 Å². The number of H-pyrrole nitrogens is 1. The summed E-state index contributed by atoms with van der Waals surface area (Å²) in [6.45, 7) is 12.5. The van der Waals surface area contributed by atoms with Crippen LogP contribution < -0.4 is 114 Å². The Morgan fingerprint density at radius 3 is 1.17 bits per heavy atom. The fraction of sp³-hybridized carbons (Fsp3) is 0.708. The number of nitrogens with one attached hydrogen (secondary N) is 18. The lowest BCUT2D eigenvalue weighted by molar-refractivity contribution is -0.142. The number of aliphatic hydroxyl groups excluding tert-OH is 1. The first-order chi connectivity index (χ1) is 63.3. The van der Waals surface area contributed by atoms with Gasteiger partial charge in [0.15, 0.2) is 11.9 Å². The SMILES string of the molecule is CCCCCCCCCCCCCCCC(=O)N[C@@H](CCCCN)C(=O)N[C@@H](CCCCN)C(=O)N[C@@H](CC(C)C)C(=O)N[C@@H](CCCNC(=N)N)C(=O)N[C@@H](C)C(=O)N[C@@H](CCSC)C(=O)N[C@H](C(=O)N[C@@H](CC(=O)O)C(=O)N[C@@H](CCCCN)C(=O)N[C@@H](Cc1ccc(O)cc1)C(=O)N[C@@H](CCCNC(=N)N)C(=O)N[C@@H](CC(C)C)C(=O)N[C@@H](Cc1c[nH]cn1)C(N)=O)[C@@H](C)O. The number of amides is 14. The van der Waals surface area contributed by atoms with Crippen molar-refractivity contribution >= 4 is 112 Å². The molecule has 1 aromatic carbocycles. The van der Waals surface area contributed by atoms with Crippen molar-refractivity contribution in [3.8, 4) is 5.75 Å². The van der Waals surface area contributed by atoms with Crippen molar-refractivity contribution in [1.82, 2.24) is 89.7 Å². The molecule has 1 aromatic heterocycles. The van der Waals surface area contributed by atoms with Gasteiger partial charge in [-0.1, -0.05) is 124 Å². The molecule has 133 heavy (non-hydrogen) atoms. The number of carbonyl (C=O) groups is 15. The number of aliphatic carboxylic acids is 1. The van der Waals surface area contributed by atoms with E-state index in [0.29, 0.717) is 49.9 Å². The molecule has 0 fully saturated rings. The number of guanidine groups is 2. The number of hydrogen-bond acceptors (Lipinski definition) is 24. The predicted molar refractivity (Wildman–Crippen MR) is 507 cm³/mol. The second kappa shape index (κ2) is 68.1. The van der Waals surface area contributed by atoms with Crippen LogP contribution in [0.25, 0.3) is 0 Å². The van der Waals surface area contributed by atoms with Crippen LogP contribution in [-0.4, -0.2) is 255 Å². The molecule has 752 valence electrons. The Balaban J connectivity index is 2.48. The second-order valence-corrected chi connectivity index (χ2v) is 35.7. The number of carboxylic acids is 1. The first-order valence-electron chi connectivity index (χ1n) is 46.9. The molecule has 0 saturated carbocycles. The Morgan fingerprint density at radius 2 is 0.774 bits per heavy atom. The summed E-state index contributed by atoms with van der Waals surface area (Å²) in [5.41, 5.74) is 35.1. The molecule has 14 amide bonds. The molecular weight excluding hydrogens is 1740 g/mol. The van der Waals surface area contributed by atoms with Gasteiger partial charge in [-0.15, -0.1) is 0 Å². The van der Waals surface area contributed by atoms with Crippen molar-refractivity contribution in [2.75, 3.05) is 44.7 Å². The number of aromatic hydroxyl groups is 1. The summed E-state index contributed by atoms with van der Waals surface area (Å²) in [5, 5.41) is 86.1. The molecule has 0 bridgehead atoms. The molecule has 2 aromatic rings. The summed E-state index contributed by atoms with van der Waals surface area (Å²) in [6.07, 6.45) is 18.4. The van der Waals surface area contributed by atoms with Gasteiger partial charge >= 0.3 is 5.97 Å². The zero-order valence-corrected chi connectivity index (χ0v) is 79.9. The van der Waals surface area contributed by atoms with Crippen molar-refractivity contribution in [2.45, 2.75) is 345 Å². The summed E-state index contributed by atoms with van der Waals surface area (Å²) >= 11 is 1.25. The van der Waals surface area contributed by atoms with E-state index in [1.807, 2.05) is 0 Å². The Labute approximate surface area is 786 Å². The first kappa shape index (κ1) is 118. The van der Waals surface area contributed by atoms with Crippen molar-refractivity contribution in [3.63, 3.8) is 0 Å². The maximum Gasteiger partial charge on any atom is 0.305 e. The number of thioether (sulfide) groups is 1. The highest BCUT2D eigenvalue weighted by Gasteiger charge is 2.39. The number of nitrogens with zero attached hydrogens (tertiary/aromatic N) is 1. The van der Waals surface area contributed by atoms with Gasteiger partial charge in [0.25, 0.3) is 0 Å². The third-order valence-electron chi connectivity index (χ3n) is 21.9. The molecule has 1 heterocycles. The van der Waals surface area contributed by atoms with Gasteiger partial charge in [-0.3, -0.25) is 82.7 Å². The summed E-state index contributed by atoms with van der Waals surface area (Å²) in [4.78, 5) is 219. The van der Waals surface area contributed by atoms with Crippen LogP contribution in [0.15, 0.2) is 36.8 Å². The molecule has 2 rings (SSSR count). The molecule has 44 heteroatoms. The molecule has 14 atom stereocenters. The molecule has 0 radical (unpaired) electrons. The smallest absolute Gasteiger partial charge is 0.305 e. The minimum atomic E-state index is -2.07. The number of hydrogen-bond donors (Lipinski definition) is 27. The van der Waals surface area contributed by atoms with E-state index in [-0.39, 0.29) is 158 Å². The lowest BCUT2D eigenvalue weighted by Crippen LogP contribution is -2.62. The number of benzene rings is 1. The van der Waals surface area contributed by atoms with E-state index in [0.717, 1.165) is 32.6 Å². The van der Waals surface area contributed by atoms with Crippen LogP contribution in [-0.2, 0) is 84.8 Å².